The Kier molecular flexibility index (Phi) is 8.45. The number of likely N-dealkylation sites (N-methyl/N-ethyl adjacent to an activating group) is 1. The van der Waals surface area contributed by atoms with Crippen LogP contribution in [-0.4, -0.2) is 83.5 Å². The molecule has 11 heteroatoms. The third kappa shape index (κ3) is 6.21. The number of nitrogens with zero attached hydrogens (tertiary/aromatic N) is 6. The summed E-state index contributed by atoms with van der Waals surface area (Å²) in [6.07, 6.45) is 2.37. The lowest BCUT2D eigenvalue weighted by Gasteiger charge is -2.35. The van der Waals surface area contributed by atoms with Gasteiger partial charge < -0.3 is 29.9 Å². The second kappa shape index (κ2) is 12.2. The minimum Gasteiger partial charge on any atom is -0.367 e. The SMILES string of the molecule is C=CC(=O)Nc1cc(Nc2ncc(F)c(-c3ccc4cc(C(=O)N(C)C)n(C(C)C)c4c3)n2)ccc1N1CCN(C)CC1. The number of fused-ring (bicyclic) bond motifs is 1. The van der Waals surface area contributed by atoms with Gasteiger partial charge in [0.25, 0.3) is 5.91 Å². The van der Waals surface area contributed by atoms with Crippen molar-refractivity contribution in [2.45, 2.75) is 19.9 Å². The molecule has 3 heterocycles. The van der Waals surface area contributed by atoms with E-state index in [0.717, 1.165) is 49.0 Å². The van der Waals surface area contributed by atoms with Gasteiger partial charge in [0.05, 0.1) is 17.6 Å². The topological polar surface area (TPSA) is 98.6 Å². The minimum absolute atomic E-state index is 0.00344. The highest BCUT2D eigenvalue weighted by molar-refractivity contribution is 6.02. The van der Waals surface area contributed by atoms with Gasteiger partial charge in [0.2, 0.25) is 11.9 Å². The predicted molar refractivity (Wildman–Crippen MR) is 170 cm³/mol. The number of hydrogen-bond acceptors (Lipinski definition) is 7. The average molecular weight is 585 g/mol. The summed E-state index contributed by atoms with van der Waals surface area (Å²) in [5.41, 5.74) is 4.23. The standard InChI is InChI=1S/C32H37FN8O2/c1-7-29(42)36-25-18-23(10-11-26(25)40-14-12-39(6)13-15-40)35-32-34-19-24(33)30(37-32)22-9-8-21-16-28(31(43)38(4)5)41(20(2)3)27(21)17-22/h7-11,16-20H,1,12-15H2,2-6H3,(H,36,42)(H,34,35,37). The van der Waals surface area contributed by atoms with E-state index >= 15 is 4.39 Å². The molecule has 2 N–H and O–H groups in total. The molecule has 2 aromatic carbocycles. The van der Waals surface area contributed by atoms with Crippen molar-refractivity contribution in [2.75, 3.05) is 62.9 Å². The Morgan fingerprint density at radius 3 is 2.49 bits per heavy atom. The molecule has 10 nitrogen and oxygen atoms in total. The molecule has 0 aliphatic carbocycles. The molecule has 1 fully saturated rings. The van der Waals surface area contributed by atoms with E-state index in [9.17, 15) is 9.59 Å². The molecule has 1 aliphatic rings. The van der Waals surface area contributed by atoms with E-state index in [1.165, 1.54) is 6.08 Å². The van der Waals surface area contributed by atoms with Crippen LogP contribution in [-0.2, 0) is 4.79 Å². The second-order valence-electron chi connectivity index (χ2n) is 11.2. The summed E-state index contributed by atoms with van der Waals surface area (Å²) in [6.45, 7) is 11.1. The summed E-state index contributed by atoms with van der Waals surface area (Å²) < 4.78 is 17.1. The number of carbonyl (C=O) groups is 2. The van der Waals surface area contributed by atoms with Crippen LogP contribution in [0.25, 0.3) is 22.2 Å². The van der Waals surface area contributed by atoms with Crippen LogP contribution in [0.4, 0.5) is 27.4 Å². The fraction of sp³-hybridized carbons (Fsp3) is 0.312. The molecule has 1 aliphatic heterocycles. The third-order valence-electron chi connectivity index (χ3n) is 7.54. The molecule has 4 aromatic rings. The Labute approximate surface area is 250 Å². The lowest BCUT2D eigenvalue weighted by Crippen LogP contribution is -2.44. The van der Waals surface area contributed by atoms with Gasteiger partial charge in [0.1, 0.15) is 11.4 Å². The molecule has 224 valence electrons. The van der Waals surface area contributed by atoms with Gasteiger partial charge in [-0.25, -0.2) is 14.4 Å². The Bertz CT molecular complexity index is 1690. The first-order valence-electron chi connectivity index (χ1n) is 14.2. The number of aromatic nitrogens is 3. The summed E-state index contributed by atoms with van der Waals surface area (Å²) >= 11 is 0. The summed E-state index contributed by atoms with van der Waals surface area (Å²) in [4.78, 5) is 39.8. The van der Waals surface area contributed by atoms with Crippen molar-refractivity contribution in [3.63, 3.8) is 0 Å². The molecule has 0 bridgehead atoms. The number of amides is 2. The van der Waals surface area contributed by atoms with E-state index in [0.29, 0.717) is 22.6 Å². The van der Waals surface area contributed by atoms with Gasteiger partial charge in [-0.05, 0) is 57.3 Å². The fourth-order valence-corrected chi connectivity index (χ4v) is 5.30. The van der Waals surface area contributed by atoms with Crippen LogP contribution in [0.15, 0.2) is 61.3 Å². The number of rotatable bonds is 8. The minimum atomic E-state index is -0.568. The van der Waals surface area contributed by atoms with Crippen molar-refractivity contribution < 1.29 is 14.0 Å². The number of piperazine rings is 1. The van der Waals surface area contributed by atoms with E-state index < -0.39 is 5.82 Å². The zero-order valence-electron chi connectivity index (χ0n) is 25.2. The molecule has 2 amide bonds. The van der Waals surface area contributed by atoms with Crippen LogP contribution in [0, 0.1) is 5.82 Å². The van der Waals surface area contributed by atoms with E-state index in [1.54, 1.807) is 25.1 Å². The van der Waals surface area contributed by atoms with E-state index in [1.807, 2.05) is 54.8 Å². The van der Waals surface area contributed by atoms with Crippen molar-refractivity contribution in [1.29, 1.82) is 0 Å². The van der Waals surface area contributed by atoms with Gasteiger partial charge in [-0.2, -0.15) is 0 Å². The van der Waals surface area contributed by atoms with Crippen LogP contribution < -0.4 is 15.5 Å². The molecule has 0 atom stereocenters. The number of anilines is 4. The first-order valence-corrected chi connectivity index (χ1v) is 14.2. The highest BCUT2D eigenvalue weighted by Gasteiger charge is 2.21. The summed E-state index contributed by atoms with van der Waals surface area (Å²) in [6, 6.07) is 13.0. The molecule has 43 heavy (non-hydrogen) atoms. The third-order valence-corrected chi connectivity index (χ3v) is 7.54. The first-order chi connectivity index (χ1) is 20.5. The van der Waals surface area contributed by atoms with Crippen molar-refractivity contribution in [2.24, 2.45) is 0 Å². The molecular formula is C32H37FN8O2. The highest BCUT2D eigenvalue weighted by Crippen LogP contribution is 2.33. The van der Waals surface area contributed by atoms with Crippen LogP contribution in [0.3, 0.4) is 0 Å². The predicted octanol–water partition coefficient (Wildman–Crippen LogP) is 5.14. The van der Waals surface area contributed by atoms with E-state index in [-0.39, 0.29) is 29.5 Å². The number of carbonyl (C=O) groups excluding carboxylic acids is 2. The molecule has 0 unspecified atom stereocenters. The van der Waals surface area contributed by atoms with Gasteiger partial charge in [-0.1, -0.05) is 18.7 Å². The normalized spacial score (nSPS) is 13.8. The van der Waals surface area contributed by atoms with E-state index in [4.69, 9.17) is 0 Å². The van der Waals surface area contributed by atoms with Crippen molar-refractivity contribution in [3.8, 4) is 11.3 Å². The molecule has 5 rings (SSSR count). The van der Waals surface area contributed by atoms with Crippen molar-refractivity contribution >= 4 is 45.7 Å². The highest BCUT2D eigenvalue weighted by atomic mass is 19.1. The smallest absolute Gasteiger partial charge is 0.270 e. The molecule has 1 saturated heterocycles. The van der Waals surface area contributed by atoms with Crippen molar-refractivity contribution in [3.05, 3.63) is 72.8 Å². The lowest BCUT2D eigenvalue weighted by atomic mass is 10.1. The fourth-order valence-electron chi connectivity index (χ4n) is 5.30. The zero-order chi connectivity index (χ0) is 30.8. The van der Waals surface area contributed by atoms with E-state index in [2.05, 4.69) is 44.0 Å². The quantitative estimate of drug-likeness (QED) is 0.277. The molecule has 0 saturated carbocycles. The van der Waals surface area contributed by atoms with Gasteiger partial charge in [0, 0.05) is 68.5 Å². The summed E-state index contributed by atoms with van der Waals surface area (Å²) in [5, 5.41) is 6.95. The summed E-state index contributed by atoms with van der Waals surface area (Å²) in [7, 11) is 5.53. The Hall–Kier alpha value is -4.77. The van der Waals surface area contributed by atoms with Gasteiger partial charge in [-0.3, -0.25) is 9.59 Å². The Balaban J connectivity index is 1.48. The van der Waals surface area contributed by atoms with Gasteiger partial charge in [-0.15, -0.1) is 0 Å². The van der Waals surface area contributed by atoms with Crippen LogP contribution >= 0.6 is 0 Å². The number of hydrogen-bond donors (Lipinski definition) is 2. The van der Waals surface area contributed by atoms with Gasteiger partial charge in [0.15, 0.2) is 5.82 Å². The molecular weight excluding hydrogens is 547 g/mol. The van der Waals surface area contributed by atoms with Crippen molar-refractivity contribution in [1.82, 2.24) is 24.3 Å². The monoisotopic (exact) mass is 584 g/mol. The number of benzene rings is 2. The van der Waals surface area contributed by atoms with Crippen LogP contribution in [0.5, 0.6) is 0 Å². The lowest BCUT2D eigenvalue weighted by molar-refractivity contribution is -0.111. The maximum Gasteiger partial charge on any atom is 0.270 e. The van der Waals surface area contributed by atoms with Crippen LogP contribution in [0.2, 0.25) is 0 Å². The first kappa shape index (κ1) is 29.7. The second-order valence-corrected chi connectivity index (χ2v) is 11.2. The Morgan fingerprint density at radius 2 is 1.81 bits per heavy atom. The number of halogens is 1. The average Bonchev–Trinajstić information content (AvgIpc) is 3.37. The summed E-state index contributed by atoms with van der Waals surface area (Å²) in [5.74, 6) is -0.785. The molecule has 0 spiro atoms. The van der Waals surface area contributed by atoms with Gasteiger partial charge >= 0.3 is 0 Å². The molecule has 2 aromatic heterocycles. The zero-order valence-corrected chi connectivity index (χ0v) is 25.2. The molecule has 0 radical (unpaired) electrons. The largest absolute Gasteiger partial charge is 0.367 e. The number of nitrogens with one attached hydrogen (secondary N) is 2. The maximum absolute atomic E-state index is 15.1. The van der Waals surface area contributed by atoms with Crippen LogP contribution in [0.1, 0.15) is 30.4 Å². The maximum atomic E-state index is 15.1. The Morgan fingerprint density at radius 1 is 1.07 bits per heavy atom.